The fourth-order valence-electron chi connectivity index (χ4n) is 1.57. The molecule has 20 heavy (non-hydrogen) atoms. The van der Waals surface area contributed by atoms with Crippen molar-refractivity contribution in [2.45, 2.75) is 17.9 Å². The first kappa shape index (κ1) is 16.5. The maximum absolute atomic E-state index is 13.9. The Morgan fingerprint density at radius 3 is 2.40 bits per heavy atom. The number of aliphatic hydroxyl groups excluding tert-OH is 1. The van der Waals surface area contributed by atoms with Gasteiger partial charge in [0.05, 0.1) is 6.10 Å². The molecular weight excluding hydrogens is 296 g/mol. The third kappa shape index (κ3) is 3.11. The molecule has 0 aliphatic carbocycles. The number of aliphatic hydroxyl groups is 1. The zero-order valence-electron chi connectivity index (χ0n) is 10.7. The minimum atomic E-state index is -4.37. The van der Waals surface area contributed by atoms with Crippen LogP contribution in [0.5, 0.6) is 0 Å². The third-order valence-corrected chi connectivity index (χ3v) is 4.32. The summed E-state index contributed by atoms with van der Waals surface area (Å²) in [5.41, 5.74) is -1.34. The molecule has 0 radical (unpaired) electrons. The average molecular weight is 309 g/mol. The molecule has 112 valence electrons. The zero-order chi connectivity index (χ0) is 15.7. The van der Waals surface area contributed by atoms with Crippen molar-refractivity contribution in [3.05, 3.63) is 29.3 Å². The first-order valence-electron chi connectivity index (χ1n) is 5.44. The molecule has 1 unspecified atom stereocenters. The van der Waals surface area contributed by atoms with Crippen molar-refractivity contribution in [3.63, 3.8) is 0 Å². The highest BCUT2D eigenvalue weighted by molar-refractivity contribution is 7.89. The molecule has 0 aromatic heterocycles. The van der Waals surface area contributed by atoms with Gasteiger partial charge in [-0.2, -0.15) is 4.31 Å². The highest BCUT2D eigenvalue weighted by atomic mass is 32.2. The van der Waals surface area contributed by atoms with Gasteiger partial charge in [0.2, 0.25) is 10.0 Å². The Morgan fingerprint density at radius 1 is 1.40 bits per heavy atom. The van der Waals surface area contributed by atoms with Crippen LogP contribution in [0.1, 0.15) is 17.3 Å². The molecule has 0 amide bonds. The Hall–Kier alpha value is -1.58. The van der Waals surface area contributed by atoms with Crippen molar-refractivity contribution >= 4 is 16.0 Å². The van der Waals surface area contributed by atoms with Gasteiger partial charge in [-0.1, -0.05) is 0 Å². The molecule has 0 bridgehead atoms. The van der Waals surface area contributed by atoms with Crippen LogP contribution in [0.4, 0.5) is 8.78 Å². The smallest absolute Gasteiger partial charge is 0.341 e. The molecule has 0 aliphatic rings. The van der Waals surface area contributed by atoms with Gasteiger partial charge in [0.1, 0.15) is 16.3 Å². The van der Waals surface area contributed by atoms with Crippen LogP contribution in [-0.2, 0) is 10.0 Å². The second-order valence-corrected chi connectivity index (χ2v) is 6.19. The van der Waals surface area contributed by atoms with Crippen LogP contribution in [-0.4, -0.2) is 48.6 Å². The van der Waals surface area contributed by atoms with Crippen molar-refractivity contribution in [1.82, 2.24) is 4.31 Å². The number of aromatic carboxylic acids is 1. The average Bonchev–Trinajstić information content (AvgIpc) is 2.26. The predicted octanol–water partition coefficient (Wildman–Crippen LogP) is 0.664. The highest BCUT2D eigenvalue weighted by Gasteiger charge is 2.30. The third-order valence-electron chi connectivity index (χ3n) is 2.48. The summed E-state index contributed by atoms with van der Waals surface area (Å²) in [4.78, 5) is 9.78. The van der Waals surface area contributed by atoms with Crippen LogP contribution >= 0.6 is 0 Å². The SMILES string of the molecule is CC(O)CN(C)S(=O)(=O)c1ccc(F)c(C(=O)O)c1F. The van der Waals surface area contributed by atoms with Crippen LogP contribution in [0, 0.1) is 11.6 Å². The number of hydrogen-bond donors (Lipinski definition) is 2. The maximum atomic E-state index is 13.9. The second kappa shape index (κ2) is 5.81. The molecule has 2 N–H and O–H groups in total. The topological polar surface area (TPSA) is 94.9 Å². The minimum absolute atomic E-state index is 0.318. The van der Waals surface area contributed by atoms with Crippen molar-refractivity contribution in [2.24, 2.45) is 0 Å². The van der Waals surface area contributed by atoms with E-state index in [0.717, 1.165) is 7.05 Å². The van der Waals surface area contributed by atoms with Crippen molar-refractivity contribution in [2.75, 3.05) is 13.6 Å². The van der Waals surface area contributed by atoms with E-state index in [1.165, 1.54) is 6.92 Å². The molecule has 6 nitrogen and oxygen atoms in total. The van der Waals surface area contributed by atoms with Gasteiger partial charge in [0.15, 0.2) is 5.82 Å². The Labute approximate surface area is 114 Å². The molecule has 1 aromatic carbocycles. The lowest BCUT2D eigenvalue weighted by molar-refractivity contribution is 0.0685. The van der Waals surface area contributed by atoms with Gasteiger partial charge in [0, 0.05) is 13.6 Å². The highest BCUT2D eigenvalue weighted by Crippen LogP contribution is 2.23. The van der Waals surface area contributed by atoms with E-state index in [-0.39, 0.29) is 6.54 Å². The van der Waals surface area contributed by atoms with Gasteiger partial charge in [-0.25, -0.2) is 22.0 Å². The molecule has 9 heteroatoms. The summed E-state index contributed by atoms with van der Waals surface area (Å²) in [5, 5.41) is 17.8. The summed E-state index contributed by atoms with van der Waals surface area (Å²) in [6.45, 7) is 1.01. The van der Waals surface area contributed by atoms with Crippen LogP contribution in [0.2, 0.25) is 0 Å². The quantitative estimate of drug-likeness (QED) is 0.833. The number of carboxylic acids is 1. The van der Waals surface area contributed by atoms with Gasteiger partial charge in [-0.05, 0) is 19.1 Å². The predicted molar refractivity (Wildman–Crippen MR) is 64.8 cm³/mol. The second-order valence-electron chi connectivity index (χ2n) is 4.17. The lowest BCUT2D eigenvalue weighted by atomic mass is 10.2. The van der Waals surface area contributed by atoms with Crippen molar-refractivity contribution < 1.29 is 32.2 Å². The van der Waals surface area contributed by atoms with E-state index in [9.17, 15) is 22.0 Å². The number of benzene rings is 1. The number of rotatable bonds is 5. The summed E-state index contributed by atoms with van der Waals surface area (Å²) < 4.78 is 51.8. The van der Waals surface area contributed by atoms with Crippen LogP contribution in [0.25, 0.3) is 0 Å². The van der Waals surface area contributed by atoms with E-state index in [4.69, 9.17) is 10.2 Å². The molecule has 1 aromatic rings. The van der Waals surface area contributed by atoms with Gasteiger partial charge >= 0.3 is 5.97 Å². The summed E-state index contributed by atoms with van der Waals surface area (Å²) in [7, 11) is -3.28. The van der Waals surface area contributed by atoms with Crippen molar-refractivity contribution in [3.8, 4) is 0 Å². The fourth-order valence-corrected chi connectivity index (χ4v) is 2.88. The van der Waals surface area contributed by atoms with Crippen LogP contribution in [0.15, 0.2) is 17.0 Å². The largest absolute Gasteiger partial charge is 0.477 e. The van der Waals surface area contributed by atoms with E-state index in [2.05, 4.69) is 0 Å². The van der Waals surface area contributed by atoms with Crippen LogP contribution in [0.3, 0.4) is 0 Å². The Kier molecular flexibility index (Phi) is 4.79. The van der Waals surface area contributed by atoms with E-state index in [1.807, 2.05) is 0 Å². The molecule has 0 saturated heterocycles. The normalized spacial score (nSPS) is 13.5. The summed E-state index contributed by atoms with van der Waals surface area (Å²) in [6.07, 6.45) is -1.00. The minimum Gasteiger partial charge on any atom is -0.477 e. The number of likely N-dealkylation sites (N-methyl/N-ethyl adjacent to an activating group) is 1. The van der Waals surface area contributed by atoms with Crippen LogP contribution < -0.4 is 0 Å². The molecular formula is C11H13F2NO5S. The maximum Gasteiger partial charge on any atom is 0.341 e. The molecule has 0 saturated carbocycles. The molecule has 1 rings (SSSR count). The zero-order valence-corrected chi connectivity index (χ0v) is 11.5. The molecule has 0 fully saturated rings. The van der Waals surface area contributed by atoms with E-state index >= 15 is 0 Å². The Balaban J connectivity index is 3.41. The Morgan fingerprint density at radius 2 is 1.95 bits per heavy atom. The molecule has 0 spiro atoms. The van der Waals surface area contributed by atoms with Gasteiger partial charge in [-0.3, -0.25) is 0 Å². The monoisotopic (exact) mass is 309 g/mol. The van der Waals surface area contributed by atoms with Gasteiger partial charge < -0.3 is 10.2 Å². The van der Waals surface area contributed by atoms with Gasteiger partial charge in [-0.15, -0.1) is 0 Å². The molecule has 0 heterocycles. The first-order chi connectivity index (χ1) is 9.09. The van der Waals surface area contributed by atoms with E-state index in [1.54, 1.807) is 0 Å². The van der Waals surface area contributed by atoms with Gasteiger partial charge in [0.25, 0.3) is 0 Å². The number of nitrogens with zero attached hydrogens (tertiary/aromatic N) is 1. The Bertz CT molecular complexity index is 630. The lowest BCUT2D eigenvalue weighted by Crippen LogP contribution is -2.34. The standard InChI is InChI=1S/C11H13F2NO5S/c1-6(15)5-14(2)20(18,19)8-4-3-7(12)9(10(8)13)11(16)17/h3-4,6,15H,5H2,1-2H3,(H,16,17). The number of sulfonamides is 1. The summed E-state index contributed by atoms with van der Waals surface area (Å²) in [6, 6.07) is 1.21. The molecule has 0 aliphatic heterocycles. The molecule has 1 atom stereocenters. The number of carbonyl (C=O) groups is 1. The summed E-state index contributed by atoms with van der Waals surface area (Å²) >= 11 is 0. The fraction of sp³-hybridized carbons (Fsp3) is 0.364. The van der Waals surface area contributed by atoms with Crippen molar-refractivity contribution in [1.29, 1.82) is 0 Å². The lowest BCUT2D eigenvalue weighted by Gasteiger charge is -2.19. The number of halogens is 2. The van der Waals surface area contributed by atoms with E-state index < -0.39 is 44.2 Å². The summed E-state index contributed by atoms with van der Waals surface area (Å²) in [5.74, 6) is -4.95. The first-order valence-corrected chi connectivity index (χ1v) is 6.88. The number of carboxylic acid groups (broad SMARTS) is 1. The number of hydrogen-bond acceptors (Lipinski definition) is 4. The van der Waals surface area contributed by atoms with E-state index in [0.29, 0.717) is 16.4 Å².